The van der Waals surface area contributed by atoms with Crippen molar-refractivity contribution < 1.29 is 35.8 Å². The van der Waals surface area contributed by atoms with Gasteiger partial charge in [0.25, 0.3) is 0 Å². The number of fused-ring (bicyclic) bond motifs is 2. The van der Waals surface area contributed by atoms with E-state index in [2.05, 4.69) is 15.4 Å². The Morgan fingerprint density at radius 3 is 2.26 bits per heavy atom. The lowest BCUT2D eigenvalue weighted by Gasteiger charge is -2.42. The van der Waals surface area contributed by atoms with Gasteiger partial charge < -0.3 is 14.8 Å². The van der Waals surface area contributed by atoms with Crippen molar-refractivity contribution in [3.63, 3.8) is 0 Å². The van der Waals surface area contributed by atoms with Gasteiger partial charge in [0.2, 0.25) is 0 Å². The van der Waals surface area contributed by atoms with Crippen LogP contribution in [0.1, 0.15) is 53.4 Å². The monoisotopic (exact) mass is 554 g/mol. The van der Waals surface area contributed by atoms with Crippen molar-refractivity contribution in [1.29, 1.82) is 0 Å². The maximum atomic E-state index is 13.4. The quantitative estimate of drug-likeness (QED) is 0.375. The molecule has 3 aromatic rings. The second kappa shape index (κ2) is 10.2. The second-order valence-electron chi connectivity index (χ2n) is 10.2. The number of rotatable bonds is 7. The third kappa shape index (κ3) is 5.42. The van der Waals surface area contributed by atoms with E-state index in [1.165, 1.54) is 0 Å². The van der Waals surface area contributed by atoms with E-state index in [4.69, 9.17) is 9.47 Å². The Kier molecular flexibility index (Phi) is 7.23. The molecule has 0 aliphatic carbocycles. The highest BCUT2D eigenvalue weighted by molar-refractivity contribution is 5.34. The Morgan fingerprint density at radius 1 is 1.03 bits per heavy atom. The fourth-order valence-electron chi connectivity index (χ4n) is 6.02. The molecule has 1 N–H and O–H groups in total. The second-order valence-corrected chi connectivity index (χ2v) is 10.2. The smallest absolute Gasteiger partial charge is 0.373 e. The van der Waals surface area contributed by atoms with Gasteiger partial charge >= 0.3 is 12.4 Å². The molecule has 5 atom stereocenters. The maximum absolute atomic E-state index is 13.4. The largest absolute Gasteiger partial charge is 0.416 e. The number of aryl methyl sites for hydroxylation is 1. The Bertz CT molecular complexity index is 1260. The molecule has 2 aliphatic heterocycles. The molecule has 39 heavy (non-hydrogen) atoms. The van der Waals surface area contributed by atoms with Crippen LogP contribution in [-0.2, 0) is 41.0 Å². The Labute approximate surface area is 221 Å². The zero-order chi connectivity index (χ0) is 28.0. The molecule has 1 aromatic heterocycles. The van der Waals surface area contributed by atoms with E-state index >= 15 is 0 Å². The number of piperidine rings is 1. The maximum Gasteiger partial charge on any atom is 0.416 e. The number of ether oxygens (including phenoxy) is 2. The third-order valence-electron chi connectivity index (χ3n) is 7.71. The summed E-state index contributed by atoms with van der Waals surface area (Å²) in [6.45, 7) is -0.404. The summed E-state index contributed by atoms with van der Waals surface area (Å²) < 4.78 is 94.0. The van der Waals surface area contributed by atoms with Crippen LogP contribution in [0.15, 0.2) is 54.9 Å². The van der Waals surface area contributed by atoms with Gasteiger partial charge in [0.05, 0.1) is 29.4 Å². The molecule has 3 heterocycles. The van der Waals surface area contributed by atoms with Gasteiger partial charge in [-0.2, -0.15) is 31.4 Å². The van der Waals surface area contributed by atoms with Crippen LogP contribution in [0.25, 0.3) is 0 Å². The van der Waals surface area contributed by atoms with E-state index in [-0.39, 0.29) is 23.6 Å². The van der Waals surface area contributed by atoms with E-state index in [0.717, 1.165) is 5.56 Å². The van der Waals surface area contributed by atoms with E-state index in [1.807, 2.05) is 30.3 Å². The molecule has 2 aromatic carbocycles. The van der Waals surface area contributed by atoms with Crippen molar-refractivity contribution >= 4 is 0 Å². The molecule has 0 radical (unpaired) electrons. The van der Waals surface area contributed by atoms with Crippen molar-refractivity contribution in [2.24, 2.45) is 13.0 Å². The first kappa shape index (κ1) is 27.6. The van der Waals surface area contributed by atoms with Gasteiger partial charge in [0.15, 0.2) is 5.82 Å². The number of aromatic nitrogens is 3. The molecule has 0 saturated carbocycles. The van der Waals surface area contributed by atoms with Crippen LogP contribution in [-0.4, -0.2) is 34.0 Å². The van der Waals surface area contributed by atoms with Crippen LogP contribution >= 0.6 is 0 Å². The molecular weight excluding hydrogens is 526 g/mol. The van der Waals surface area contributed by atoms with Crippen molar-refractivity contribution in [1.82, 2.24) is 20.1 Å². The van der Waals surface area contributed by atoms with E-state index < -0.39 is 47.8 Å². The number of nitrogens with one attached hydrogen (secondary N) is 1. The third-order valence-corrected chi connectivity index (χ3v) is 7.71. The van der Waals surface area contributed by atoms with Gasteiger partial charge in [-0.15, -0.1) is 0 Å². The fraction of sp³-hybridized carbons (Fsp3) is 0.481. The lowest BCUT2D eigenvalue weighted by Crippen LogP contribution is -2.54. The van der Waals surface area contributed by atoms with Crippen LogP contribution in [0, 0.1) is 5.92 Å². The lowest BCUT2D eigenvalue weighted by molar-refractivity contribution is -0.143. The van der Waals surface area contributed by atoms with Gasteiger partial charge in [0, 0.05) is 26.1 Å². The first-order chi connectivity index (χ1) is 18.4. The summed E-state index contributed by atoms with van der Waals surface area (Å²) in [4.78, 5) is 4.38. The topological polar surface area (TPSA) is 61.2 Å². The molecule has 12 heteroatoms. The minimum Gasteiger partial charge on any atom is -0.373 e. The molecular formula is C27H28F6N4O2. The summed E-state index contributed by atoms with van der Waals surface area (Å²) >= 11 is 0. The number of benzene rings is 2. The lowest BCUT2D eigenvalue weighted by atomic mass is 9.79. The summed E-state index contributed by atoms with van der Waals surface area (Å²) in [6.07, 6.45) is -7.39. The minimum atomic E-state index is -4.92. The predicted octanol–water partition coefficient (Wildman–Crippen LogP) is 5.79. The van der Waals surface area contributed by atoms with E-state index in [0.29, 0.717) is 37.2 Å². The first-order valence-electron chi connectivity index (χ1n) is 12.5. The summed E-state index contributed by atoms with van der Waals surface area (Å²) in [5.74, 6) is 0.500. The number of methoxy groups -OCH3 is 1. The Balaban J connectivity index is 1.46. The Hall–Kier alpha value is -2.96. The number of hydrogen-bond acceptors (Lipinski definition) is 5. The number of halogens is 6. The molecule has 2 fully saturated rings. The minimum absolute atomic E-state index is 0.0178. The van der Waals surface area contributed by atoms with Crippen molar-refractivity contribution in [2.75, 3.05) is 7.11 Å². The van der Waals surface area contributed by atoms with Crippen LogP contribution in [0.5, 0.6) is 0 Å². The van der Waals surface area contributed by atoms with Crippen molar-refractivity contribution in [2.45, 2.75) is 62.0 Å². The van der Waals surface area contributed by atoms with Crippen LogP contribution < -0.4 is 5.32 Å². The summed E-state index contributed by atoms with van der Waals surface area (Å²) in [5, 5.41) is 8.12. The SMILES string of the molecule is COC(c1ncn(C)n1)[C@@H]1C[C@]2(c3ccccc3)N[C@H]1CC[C@H]2OCc1cc(C(F)(F)F)cc(C(F)(F)F)c1. The van der Waals surface area contributed by atoms with Crippen LogP contribution in [0.2, 0.25) is 0 Å². The summed E-state index contributed by atoms with van der Waals surface area (Å²) in [5.41, 5.74) is -2.71. The molecule has 210 valence electrons. The molecule has 2 aliphatic rings. The number of nitrogens with zero attached hydrogens (tertiary/aromatic N) is 3. The molecule has 2 saturated heterocycles. The average Bonchev–Trinajstić information content (AvgIpc) is 3.45. The predicted molar refractivity (Wildman–Crippen MR) is 128 cm³/mol. The molecule has 5 rings (SSSR count). The highest BCUT2D eigenvalue weighted by Gasteiger charge is 2.56. The number of hydrogen-bond donors (Lipinski definition) is 1. The fourth-order valence-corrected chi connectivity index (χ4v) is 6.02. The van der Waals surface area contributed by atoms with Crippen LogP contribution in [0.4, 0.5) is 26.3 Å². The normalized spacial score (nSPS) is 26.1. The standard InChI is InChI=1S/C27H28F6N4O2/c1-37-15-34-24(36-37)23(38-2)20-13-25(17-6-4-3-5-7-17)22(9-8-21(20)35-25)39-14-16-10-18(26(28,29)30)12-19(11-16)27(31,32)33/h3-7,10-12,15,20-23,35H,8-9,13-14H2,1-2H3/t20-,21+,22-,23?,25-/m1/s1. The molecule has 6 nitrogen and oxygen atoms in total. The van der Waals surface area contributed by atoms with Gasteiger partial charge in [-0.25, -0.2) is 4.98 Å². The average molecular weight is 555 g/mol. The van der Waals surface area contributed by atoms with Gasteiger partial charge in [-0.1, -0.05) is 30.3 Å². The zero-order valence-electron chi connectivity index (χ0n) is 21.3. The summed E-state index contributed by atoms with van der Waals surface area (Å²) in [6, 6.07) is 11.1. The zero-order valence-corrected chi connectivity index (χ0v) is 21.3. The van der Waals surface area contributed by atoms with Gasteiger partial charge in [-0.3, -0.25) is 4.68 Å². The van der Waals surface area contributed by atoms with Crippen molar-refractivity contribution in [3.8, 4) is 0 Å². The van der Waals surface area contributed by atoms with E-state index in [1.54, 1.807) is 25.2 Å². The van der Waals surface area contributed by atoms with Gasteiger partial charge in [0.1, 0.15) is 12.4 Å². The highest BCUT2D eigenvalue weighted by Crippen LogP contribution is 2.51. The molecule has 0 amide bonds. The molecule has 0 spiro atoms. The molecule has 2 bridgehead atoms. The Morgan fingerprint density at radius 2 is 1.69 bits per heavy atom. The highest BCUT2D eigenvalue weighted by atomic mass is 19.4. The van der Waals surface area contributed by atoms with Crippen molar-refractivity contribution in [3.05, 3.63) is 82.9 Å². The van der Waals surface area contributed by atoms with E-state index in [9.17, 15) is 26.3 Å². The first-order valence-corrected chi connectivity index (χ1v) is 12.5. The number of alkyl halides is 6. The summed E-state index contributed by atoms with van der Waals surface area (Å²) in [7, 11) is 3.36. The molecule has 1 unspecified atom stereocenters. The van der Waals surface area contributed by atoms with Crippen LogP contribution in [0.3, 0.4) is 0 Å². The van der Waals surface area contributed by atoms with Gasteiger partial charge in [-0.05, 0) is 48.6 Å².